The summed E-state index contributed by atoms with van der Waals surface area (Å²) in [5.74, 6) is -4.41. The van der Waals surface area contributed by atoms with Crippen molar-refractivity contribution in [2.75, 3.05) is 13.6 Å². The van der Waals surface area contributed by atoms with Crippen molar-refractivity contribution in [1.29, 1.82) is 0 Å². The average molecular weight is 203 g/mol. The van der Waals surface area contributed by atoms with Crippen molar-refractivity contribution >= 4 is 17.9 Å². The van der Waals surface area contributed by atoms with Crippen molar-refractivity contribution in [3.05, 3.63) is 11.8 Å². The third kappa shape index (κ3) is 4.10. The lowest BCUT2D eigenvalue weighted by atomic mass is 10.3. The maximum absolute atomic E-state index is 10.3. The Morgan fingerprint density at radius 2 is 1.57 bits per heavy atom. The molecule has 0 aliphatic rings. The van der Waals surface area contributed by atoms with Gasteiger partial charge < -0.3 is 20.2 Å². The molecule has 0 rings (SSSR count). The summed E-state index contributed by atoms with van der Waals surface area (Å²) >= 11 is 0. The van der Waals surface area contributed by atoms with Gasteiger partial charge in [0.15, 0.2) is 5.57 Å². The van der Waals surface area contributed by atoms with Crippen LogP contribution in [-0.4, -0.2) is 51.7 Å². The number of aliphatic carboxylic acids is 3. The van der Waals surface area contributed by atoms with Gasteiger partial charge in [-0.1, -0.05) is 0 Å². The van der Waals surface area contributed by atoms with Crippen LogP contribution in [0, 0.1) is 0 Å². The highest BCUT2D eigenvalue weighted by Crippen LogP contribution is 1.97. The molecule has 0 radical (unpaired) electrons. The van der Waals surface area contributed by atoms with Gasteiger partial charge in [0.05, 0.1) is 0 Å². The van der Waals surface area contributed by atoms with Crippen molar-refractivity contribution in [3.8, 4) is 0 Å². The third-order valence-electron chi connectivity index (χ3n) is 1.19. The molecule has 0 aromatic carbocycles. The van der Waals surface area contributed by atoms with Crippen LogP contribution in [0.2, 0.25) is 0 Å². The molecule has 7 heteroatoms. The van der Waals surface area contributed by atoms with Gasteiger partial charge in [-0.15, -0.1) is 0 Å². The minimum Gasteiger partial charge on any atom is -0.480 e. The fourth-order valence-corrected chi connectivity index (χ4v) is 0.681. The Hall–Kier alpha value is -2.05. The summed E-state index contributed by atoms with van der Waals surface area (Å²) in [6, 6.07) is 0. The van der Waals surface area contributed by atoms with Crippen molar-refractivity contribution in [2.45, 2.75) is 0 Å². The van der Waals surface area contributed by atoms with Gasteiger partial charge in [0.2, 0.25) is 0 Å². The fourth-order valence-electron chi connectivity index (χ4n) is 0.681. The molecule has 0 saturated heterocycles. The second kappa shape index (κ2) is 4.85. The first-order chi connectivity index (χ1) is 6.34. The monoisotopic (exact) mass is 203 g/mol. The van der Waals surface area contributed by atoms with Crippen LogP contribution in [0.15, 0.2) is 11.8 Å². The van der Waals surface area contributed by atoms with Crippen LogP contribution < -0.4 is 0 Å². The lowest BCUT2D eigenvalue weighted by molar-refractivity contribution is -0.141. The second-order valence-electron chi connectivity index (χ2n) is 2.46. The minimum atomic E-state index is -1.62. The molecule has 0 aromatic heterocycles. The van der Waals surface area contributed by atoms with E-state index >= 15 is 0 Å². The highest BCUT2D eigenvalue weighted by molar-refractivity contribution is 6.12. The molecule has 0 amide bonds. The Balaban J connectivity index is 4.65. The standard InChI is InChI=1S/C7H9NO6/c1-8(3-5(9)10)2-4(6(11)12)7(13)14/h2H,3H2,1H3,(H,9,10)(H,11,12)(H,13,14). The van der Waals surface area contributed by atoms with E-state index in [1.807, 2.05) is 0 Å². The molecule has 0 spiro atoms. The van der Waals surface area contributed by atoms with Crippen LogP contribution in [0.4, 0.5) is 0 Å². The van der Waals surface area contributed by atoms with Crippen molar-refractivity contribution < 1.29 is 29.7 Å². The average Bonchev–Trinajstić information content (AvgIpc) is 1.97. The SMILES string of the molecule is CN(C=C(C(=O)O)C(=O)O)CC(=O)O. The van der Waals surface area contributed by atoms with E-state index < -0.39 is 30.0 Å². The number of carboxylic acid groups (broad SMARTS) is 3. The summed E-state index contributed by atoms with van der Waals surface area (Å²) in [5, 5.41) is 25.1. The molecule has 0 aliphatic carbocycles. The summed E-state index contributed by atoms with van der Waals surface area (Å²) in [6.45, 7) is -0.468. The molecular formula is C7H9NO6. The highest BCUT2D eigenvalue weighted by atomic mass is 16.4. The number of likely N-dealkylation sites (N-methyl/N-ethyl adjacent to an activating group) is 1. The Kier molecular flexibility index (Phi) is 4.14. The third-order valence-corrected chi connectivity index (χ3v) is 1.19. The van der Waals surface area contributed by atoms with E-state index in [0.29, 0.717) is 0 Å². The molecule has 0 heterocycles. The van der Waals surface area contributed by atoms with E-state index in [0.717, 1.165) is 11.1 Å². The van der Waals surface area contributed by atoms with Crippen LogP contribution in [0.3, 0.4) is 0 Å². The number of carboxylic acids is 3. The van der Waals surface area contributed by atoms with Gasteiger partial charge in [0, 0.05) is 13.2 Å². The van der Waals surface area contributed by atoms with E-state index in [1.54, 1.807) is 0 Å². The molecule has 3 N–H and O–H groups in total. The molecule has 0 fully saturated rings. The lowest BCUT2D eigenvalue weighted by Crippen LogP contribution is -2.23. The van der Waals surface area contributed by atoms with E-state index in [9.17, 15) is 14.4 Å². The Bertz CT molecular complexity index is 279. The molecule has 0 aliphatic heterocycles. The molecular weight excluding hydrogens is 194 g/mol. The molecule has 0 saturated carbocycles. The number of hydrogen-bond donors (Lipinski definition) is 3. The first-order valence-electron chi connectivity index (χ1n) is 3.45. The number of rotatable bonds is 5. The van der Waals surface area contributed by atoms with E-state index in [1.165, 1.54) is 7.05 Å². The largest absolute Gasteiger partial charge is 0.480 e. The zero-order chi connectivity index (χ0) is 11.3. The van der Waals surface area contributed by atoms with Crippen molar-refractivity contribution in [2.24, 2.45) is 0 Å². The molecule has 0 unspecified atom stereocenters. The maximum Gasteiger partial charge on any atom is 0.344 e. The number of nitrogens with zero attached hydrogens (tertiary/aromatic N) is 1. The molecule has 7 nitrogen and oxygen atoms in total. The van der Waals surface area contributed by atoms with E-state index in [4.69, 9.17) is 15.3 Å². The smallest absolute Gasteiger partial charge is 0.344 e. The number of hydrogen-bond acceptors (Lipinski definition) is 4. The topological polar surface area (TPSA) is 115 Å². The minimum absolute atomic E-state index is 0.468. The van der Waals surface area contributed by atoms with Gasteiger partial charge in [-0.2, -0.15) is 0 Å². The van der Waals surface area contributed by atoms with Gasteiger partial charge in [-0.25, -0.2) is 9.59 Å². The Morgan fingerprint density at radius 3 is 1.86 bits per heavy atom. The van der Waals surface area contributed by atoms with Gasteiger partial charge in [-0.05, 0) is 0 Å². The van der Waals surface area contributed by atoms with Crippen molar-refractivity contribution in [1.82, 2.24) is 4.90 Å². The summed E-state index contributed by atoms with van der Waals surface area (Å²) in [6.07, 6.45) is 0.749. The van der Waals surface area contributed by atoms with Crippen LogP contribution in [0.1, 0.15) is 0 Å². The normalized spacial score (nSPS) is 8.93. The first kappa shape index (κ1) is 11.9. The second-order valence-corrected chi connectivity index (χ2v) is 2.46. The zero-order valence-electron chi connectivity index (χ0n) is 7.30. The van der Waals surface area contributed by atoms with Crippen LogP contribution in [0.5, 0.6) is 0 Å². The lowest BCUT2D eigenvalue weighted by Gasteiger charge is -2.10. The highest BCUT2D eigenvalue weighted by Gasteiger charge is 2.17. The maximum atomic E-state index is 10.3. The predicted octanol–water partition coefficient (Wildman–Crippen LogP) is -0.944. The summed E-state index contributed by atoms with van der Waals surface area (Å²) < 4.78 is 0. The van der Waals surface area contributed by atoms with Crippen molar-refractivity contribution in [3.63, 3.8) is 0 Å². The summed E-state index contributed by atoms with van der Waals surface area (Å²) in [5.41, 5.74) is -0.881. The number of carbonyl (C=O) groups is 3. The fraction of sp³-hybridized carbons (Fsp3) is 0.286. The van der Waals surface area contributed by atoms with Gasteiger partial charge in [-0.3, -0.25) is 4.79 Å². The van der Waals surface area contributed by atoms with Gasteiger partial charge in [0.25, 0.3) is 0 Å². The van der Waals surface area contributed by atoms with Crippen LogP contribution in [-0.2, 0) is 14.4 Å². The quantitative estimate of drug-likeness (QED) is 0.300. The van der Waals surface area contributed by atoms with Crippen LogP contribution >= 0.6 is 0 Å². The summed E-state index contributed by atoms with van der Waals surface area (Å²) in [4.78, 5) is 31.8. The Morgan fingerprint density at radius 1 is 1.14 bits per heavy atom. The summed E-state index contributed by atoms with van der Waals surface area (Å²) in [7, 11) is 1.26. The van der Waals surface area contributed by atoms with E-state index in [-0.39, 0.29) is 0 Å². The molecule has 0 atom stereocenters. The Labute approximate surface area is 78.9 Å². The predicted molar refractivity (Wildman–Crippen MR) is 43.6 cm³/mol. The first-order valence-corrected chi connectivity index (χ1v) is 3.45. The van der Waals surface area contributed by atoms with Crippen LogP contribution in [0.25, 0.3) is 0 Å². The van der Waals surface area contributed by atoms with Gasteiger partial charge in [0.1, 0.15) is 6.54 Å². The zero-order valence-corrected chi connectivity index (χ0v) is 7.30. The molecule has 14 heavy (non-hydrogen) atoms. The molecule has 0 aromatic rings. The molecule has 78 valence electrons. The molecule has 0 bridgehead atoms. The van der Waals surface area contributed by atoms with Gasteiger partial charge >= 0.3 is 17.9 Å². The van der Waals surface area contributed by atoms with E-state index in [2.05, 4.69) is 0 Å².